The number of anilines is 1. The molecule has 0 aliphatic carbocycles. The summed E-state index contributed by atoms with van der Waals surface area (Å²) < 4.78 is 27.9. The van der Waals surface area contributed by atoms with Crippen LogP contribution in [0.2, 0.25) is 0 Å². The molecule has 2 aromatic rings. The maximum atomic E-state index is 11.9. The van der Waals surface area contributed by atoms with Crippen molar-refractivity contribution in [1.29, 1.82) is 0 Å². The van der Waals surface area contributed by atoms with Gasteiger partial charge < -0.3 is 5.32 Å². The van der Waals surface area contributed by atoms with Gasteiger partial charge in [-0.3, -0.25) is 9.52 Å². The number of fused-ring (bicyclic) bond motifs is 1. The van der Waals surface area contributed by atoms with Crippen molar-refractivity contribution in [3.63, 3.8) is 0 Å². The number of sulfonamides is 1. The van der Waals surface area contributed by atoms with E-state index in [2.05, 4.69) is 15.1 Å². The molecule has 2 heterocycles. The fourth-order valence-electron chi connectivity index (χ4n) is 1.67. The summed E-state index contributed by atoms with van der Waals surface area (Å²) in [6.07, 6.45) is 3.28. The fraction of sp³-hybridized carbons (Fsp3) is 0.333. The van der Waals surface area contributed by atoms with Crippen LogP contribution < -0.4 is 10.0 Å². The Labute approximate surface area is 127 Å². The number of carbonyl (C=O) groups is 1. The SMILES string of the molecule is CC(Cl)C(=O)NCCS(=O)(=O)Nc1ccn2nccc2c1. The van der Waals surface area contributed by atoms with Gasteiger partial charge in [-0.25, -0.2) is 12.9 Å². The van der Waals surface area contributed by atoms with Crippen molar-refractivity contribution in [2.24, 2.45) is 0 Å². The highest BCUT2D eigenvalue weighted by Gasteiger charge is 2.13. The number of aromatic nitrogens is 2. The number of carbonyl (C=O) groups excluding carboxylic acids is 1. The fourth-order valence-corrected chi connectivity index (χ4v) is 2.70. The van der Waals surface area contributed by atoms with Gasteiger partial charge in [0.25, 0.3) is 0 Å². The monoisotopic (exact) mass is 330 g/mol. The van der Waals surface area contributed by atoms with E-state index < -0.39 is 21.3 Å². The van der Waals surface area contributed by atoms with Crippen LogP contribution in [0.3, 0.4) is 0 Å². The van der Waals surface area contributed by atoms with Crippen LogP contribution in [0.4, 0.5) is 5.69 Å². The van der Waals surface area contributed by atoms with Crippen LogP contribution in [0.1, 0.15) is 6.92 Å². The molecule has 7 nitrogen and oxygen atoms in total. The average Bonchev–Trinajstić information content (AvgIpc) is 2.85. The quantitative estimate of drug-likeness (QED) is 0.767. The van der Waals surface area contributed by atoms with E-state index in [4.69, 9.17) is 11.6 Å². The third kappa shape index (κ3) is 4.33. The van der Waals surface area contributed by atoms with Gasteiger partial charge in [-0.15, -0.1) is 11.6 Å². The summed E-state index contributed by atoms with van der Waals surface area (Å²) in [5, 5.41) is 5.78. The molecule has 1 unspecified atom stereocenters. The molecule has 114 valence electrons. The number of nitrogens with one attached hydrogen (secondary N) is 2. The molecule has 21 heavy (non-hydrogen) atoms. The molecule has 0 spiro atoms. The van der Waals surface area contributed by atoms with Crippen LogP contribution >= 0.6 is 11.6 Å². The third-order valence-corrected chi connectivity index (χ3v) is 4.19. The van der Waals surface area contributed by atoms with Gasteiger partial charge in [-0.05, 0) is 25.1 Å². The Bertz CT molecular complexity index is 742. The lowest BCUT2D eigenvalue weighted by molar-refractivity contribution is -0.120. The number of pyridine rings is 1. The Balaban J connectivity index is 1.95. The second kappa shape index (κ2) is 6.31. The minimum absolute atomic E-state index is 0.000152. The number of nitrogens with zero attached hydrogens (tertiary/aromatic N) is 2. The Morgan fingerprint density at radius 2 is 2.24 bits per heavy atom. The number of alkyl halides is 1. The highest BCUT2D eigenvalue weighted by Crippen LogP contribution is 2.12. The first-order valence-corrected chi connectivity index (χ1v) is 8.32. The minimum atomic E-state index is -3.55. The van der Waals surface area contributed by atoms with Gasteiger partial charge in [0.2, 0.25) is 15.9 Å². The zero-order chi connectivity index (χ0) is 15.5. The molecule has 1 atom stereocenters. The standard InChI is InChI=1S/C12H15ClN4O3S/c1-9(13)12(18)14-5-7-21(19,20)16-10-3-6-17-11(8-10)2-4-15-17/h2-4,6,8-9,16H,5,7H2,1H3,(H,14,18). The Hall–Kier alpha value is -1.80. The molecule has 2 N–H and O–H groups in total. The first-order valence-electron chi connectivity index (χ1n) is 6.23. The smallest absolute Gasteiger partial charge is 0.237 e. The van der Waals surface area contributed by atoms with Crippen LogP contribution in [-0.4, -0.2) is 41.6 Å². The number of hydrogen-bond acceptors (Lipinski definition) is 4. The highest BCUT2D eigenvalue weighted by molar-refractivity contribution is 7.92. The lowest BCUT2D eigenvalue weighted by Crippen LogP contribution is -2.34. The largest absolute Gasteiger partial charge is 0.354 e. The van der Waals surface area contributed by atoms with E-state index in [9.17, 15) is 13.2 Å². The Morgan fingerprint density at radius 3 is 2.95 bits per heavy atom. The zero-order valence-corrected chi connectivity index (χ0v) is 12.9. The number of rotatable bonds is 6. The zero-order valence-electron chi connectivity index (χ0n) is 11.3. The highest BCUT2D eigenvalue weighted by atomic mass is 35.5. The van der Waals surface area contributed by atoms with E-state index in [-0.39, 0.29) is 12.3 Å². The first-order chi connectivity index (χ1) is 9.87. The second-order valence-electron chi connectivity index (χ2n) is 4.44. The molecule has 9 heteroatoms. The van der Waals surface area contributed by atoms with Crippen LogP contribution in [0, 0.1) is 0 Å². The van der Waals surface area contributed by atoms with E-state index in [1.54, 1.807) is 35.1 Å². The van der Waals surface area contributed by atoms with Crippen LogP contribution in [0.15, 0.2) is 30.6 Å². The summed E-state index contributed by atoms with van der Waals surface area (Å²) in [6, 6.07) is 5.04. The Morgan fingerprint density at radius 1 is 1.48 bits per heavy atom. The summed E-state index contributed by atoms with van der Waals surface area (Å²) in [5.41, 5.74) is 1.22. The molecule has 0 bridgehead atoms. The van der Waals surface area contributed by atoms with Crippen molar-refractivity contribution in [2.45, 2.75) is 12.3 Å². The van der Waals surface area contributed by atoms with Gasteiger partial charge in [0.15, 0.2) is 0 Å². The molecule has 0 radical (unpaired) electrons. The predicted molar refractivity (Wildman–Crippen MR) is 80.9 cm³/mol. The number of hydrogen-bond donors (Lipinski definition) is 2. The summed E-state index contributed by atoms with van der Waals surface area (Å²) in [4.78, 5) is 11.2. The molecule has 0 saturated carbocycles. The van der Waals surface area contributed by atoms with Gasteiger partial charge >= 0.3 is 0 Å². The Kier molecular flexibility index (Phi) is 4.69. The second-order valence-corrected chi connectivity index (χ2v) is 6.94. The lowest BCUT2D eigenvalue weighted by Gasteiger charge is -2.09. The minimum Gasteiger partial charge on any atom is -0.354 e. The average molecular weight is 331 g/mol. The molecule has 0 saturated heterocycles. The normalized spacial score (nSPS) is 13.0. The van der Waals surface area contributed by atoms with Crippen LogP contribution in [0.25, 0.3) is 5.52 Å². The molecule has 2 aromatic heterocycles. The molecule has 0 fully saturated rings. The van der Waals surface area contributed by atoms with E-state index in [0.29, 0.717) is 5.69 Å². The predicted octanol–water partition coefficient (Wildman–Crippen LogP) is 0.819. The van der Waals surface area contributed by atoms with E-state index in [0.717, 1.165) is 5.52 Å². The maximum absolute atomic E-state index is 11.9. The van der Waals surface area contributed by atoms with E-state index >= 15 is 0 Å². The lowest BCUT2D eigenvalue weighted by atomic mass is 10.4. The van der Waals surface area contributed by atoms with Crippen molar-refractivity contribution >= 4 is 38.7 Å². The summed E-state index contributed by atoms with van der Waals surface area (Å²) >= 11 is 5.57. The van der Waals surface area contributed by atoms with Crippen molar-refractivity contribution in [3.8, 4) is 0 Å². The van der Waals surface area contributed by atoms with Gasteiger partial charge in [-0.2, -0.15) is 5.10 Å². The van der Waals surface area contributed by atoms with Crippen molar-refractivity contribution < 1.29 is 13.2 Å². The van der Waals surface area contributed by atoms with Gasteiger partial charge in [-0.1, -0.05) is 0 Å². The van der Waals surface area contributed by atoms with Crippen molar-refractivity contribution in [3.05, 3.63) is 30.6 Å². The molecule has 0 aliphatic rings. The summed E-state index contributed by atoms with van der Waals surface area (Å²) in [6.45, 7) is 1.52. The van der Waals surface area contributed by atoms with Crippen molar-refractivity contribution in [2.75, 3.05) is 17.0 Å². The molecule has 2 rings (SSSR count). The topological polar surface area (TPSA) is 92.6 Å². The third-order valence-electron chi connectivity index (χ3n) is 2.70. The van der Waals surface area contributed by atoms with Gasteiger partial charge in [0.1, 0.15) is 5.38 Å². The molecular formula is C12H15ClN4O3S. The van der Waals surface area contributed by atoms with Gasteiger partial charge in [0.05, 0.1) is 17.0 Å². The summed E-state index contributed by atoms with van der Waals surface area (Å²) in [7, 11) is -3.55. The van der Waals surface area contributed by atoms with Crippen LogP contribution in [0.5, 0.6) is 0 Å². The summed E-state index contributed by atoms with van der Waals surface area (Å²) in [5.74, 6) is -0.625. The molecular weight excluding hydrogens is 316 g/mol. The number of amides is 1. The van der Waals surface area contributed by atoms with Crippen LogP contribution in [-0.2, 0) is 14.8 Å². The van der Waals surface area contributed by atoms with E-state index in [1.807, 2.05) is 0 Å². The van der Waals surface area contributed by atoms with Gasteiger partial charge in [0, 0.05) is 18.9 Å². The van der Waals surface area contributed by atoms with Crippen molar-refractivity contribution in [1.82, 2.24) is 14.9 Å². The first kappa shape index (κ1) is 15.6. The molecule has 0 aromatic carbocycles. The number of halogens is 1. The molecule has 1 amide bonds. The van der Waals surface area contributed by atoms with E-state index in [1.165, 1.54) is 6.92 Å². The maximum Gasteiger partial charge on any atom is 0.237 e. The molecule has 0 aliphatic heterocycles.